The summed E-state index contributed by atoms with van der Waals surface area (Å²) in [7, 11) is 1.56. The van der Waals surface area contributed by atoms with Crippen molar-refractivity contribution in [2.24, 2.45) is 5.92 Å². The zero-order valence-corrected chi connectivity index (χ0v) is 12.8. The van der Waals surface area contributed by atoms with Crippen molar-refractivity contribution in [2.45, 2.75) is 19.4 Å². The number of H-pyrrole nitrogens is 1. The van der Waals surface area contributed by atoms with E-state index in [1.165, 1.54) is 11.1 Å². The summed E-state index contributed by atoms with van der Waals surface area (Å²) < 4.78 is 48.4. The molecule has 3 rings (SSSR count). The van der Waals surface area contributed by atoms with Crippen molar-refractivity contribution in [3.05, 3.63) is 30.0 Å². The molecule has 1 aliphatic rings. The number of carbonyl (C=O) groups excluding carboxylic acids is 1. The third kappa shape index (κ3) is 2.84. The Morgan fingerprint density at radius 2 is 2.57 bits per heavy atom. The molecule has 1 N–H and O–H groups in total. The molecule has 0 saturated carbocycles. The molecule has 0 aliphatic carbocycles. The van der Waals surface area contributed by atoms with Gasteiger partial charge in [-0.05, 0) is 18.4 Å². The number of aromatic nitrogens is 3. The van der Waals surface area contributed by atoms with Gasteiger partial charge in [-0.2, -0.15) is 0 Å². The van der Waals surface area contributed by atoms with Crippen molar-refractivity contribution < 1.29 is 13.0 Å². The highest BCUT2D eigenvalue weighted by Gasteiger charge is 2.33. The number of hydrogen-bond acceptors (Lipinski definition) is 4. The van der Waals surface area contributed by atoms with Crippen molar-refractivity contribution in [3.8, 4) is 0 Å². The van der Waals surface area contributed by atoms with Gasteiger partial charge >= 0.3 is 5.91 Å². The number of anilines is 1. The maximum atomic E-state index is 12.5. The van der Waals surface area contributed by atoms with Gasteiger partial charge in [-0.3, -0.25) is 4.79 Å². The highest BCUT2D eigenvalue weighted by molar-refractivity contribution is 5.87. The van der Waals surface area contributed by atoms with Gasteiger partial charge in [0.05, 0.1) is 15.5 Å². The Morgan fingerprint density at radius 3 is 3.35 bits per heavy atom. The average molecular weight is 318 g/mol. The van der Waals surface area contributed by atoms with Crippen LogP contribution >= 0.6 is 0 Å². The van der Waals surface area contributed by atoms with Crippen LogP contribution in [0.15, 0.2) is 18.5 Å². The summed E-state index contributed by atoms with van der Waals surface area (Å²) in [5.41, 5.74) is 0.276. The summed E-state index contributed by atoms with van der Waals surface area (Å²) in [5.74, 6) is -1.31. The van der Waals surface area contributed by atoms with Crippen LogP contribution in [0, 0.1) is 12.5 Å². The molecule has 2 aromatic rings. The number of likely N-dealkylation sites (N-methyl/N-ethyl adjacent to an activating group) is 1. The Bertz CT molecular complexity index is 1000. The van der Waals surface area contributed by atoms with E-state index >= 15 is 0 Å². The average Bonchev–Trinajstić information content (AvgIpc) is 3.00. The Labute approximate surface area is 143 Å². The molecule has 1 aliphatic heterocycles. The number of nitrogens with zero attached hydrogens (tertiary/aromatic N) is 5. The predicted molar refractivity (Wildman–Crippen MR) is 87.9 cm³/mol. The van der Waals surface area contributed by atoms with Gasteiger partial charge in [-0.25, -0.2) is 16.5 Å². The van der Waals surface area contributed by atoms with Gasteiger partial charge in [0.1, 0.15) is 21.9 Å². The lowest BCUT2D eigenvalue weighted by molar-refractivity contribution is -0.130. The molecule has 2 aromatic heterocycles. The molecule has 0 spiro atoms. The number of rotatable bonds is 3. The van der Waals surface area contributed by atoms with Gasteiger partial charge in [0.25, 0.3) is 6.50 Å². The summed E-state index contributed by atoms with van der Waals surface area (Å²) in [4.78, 5) is 28.3. The monoisotopic (exact) mass is 318 g/mol. The Hall–Kier alpha value is -2.62. The van der Waals surface area contributed by atoms with E-state index in [2.05, 4.69) is 19.8 Å². The van der Waals surface area contributed by atoms with Crippen molar-refractivity contribution in [3.63, 3.8) is 0 Å². The minimum Gasteiger partial charge on any atom is -0.354 e. The van der Waals surface area contributed by atoms with Gasteiger partial charge in [0, 0.05) is 26.3 Å². The van der Waals surface area contributed by atoms with Crippen LogP contribution in [0.5, 0.6) is 0 Å². The maximum Gasteiger partial charge on any atom is 0.302 e. The summed E-state index contributed by atoms with van der Waals surface area (Å²) in [6.45, 7) is 3.53. The minimum atomic E-state index is -2.86. The zero-order chi connectivity index (χ0) is 21.7. The predicted octanol–water partition coefficient (Wildman–Crippen LogP) is 1.55. The number of fused-ring (bicyclic) bond motifs is 1. The van der Waals surface area contributed by atoms with Crippen LogP contribution in [0.4, 0.5) is 5.82 Å². The maximum absolute atomic E-state index is 12.5. The lowest BCUT2D eigenvalue weighted by Gasteiger charge is -2.41. The SMILES string of the molecule is [2H]c1nc(N(C)[C@@H]2[C@H](C)CCN(C(=O)C([2H])([2H])[N+]#[C-])C2([2H])[2H])c2c([2H])c[nH]c2n1. The molecule has 3 heterocycles. The van der Waals surface area contributed by atoms with Crippen LogP contribution < -0.4 is 4.90 Å². The number of carbonyl (C=O) groups is 1. The summed E-state index contributed by atoms with van der Waals surface area (Å²) in [6, 6.07) is -0.864. The molecule has 120 valence electrons. The van der Waals surface area contributed by atoms with E-state index in [1.807, 2.05) is 6.92 Å². The third-order valence-electron chi connectivity index (χ3n) is 3.99. The van der Waals surface area contributed by atoms with E-state index in [9.17, 15) is 4.79 Å². The van der Waals surface area contributed by atoms with E-state index in [-0.39, 0.29) is 36.3 Å². The fourth-order valence-electron chi connectivity index (χ4n) is 2.72. The lowest BCUT2D eigenvalue weighted by Crippen LogP contribution is -2.53. The zero-order valence-electron chi connectivity index (χ0n) is 18.8. The second kappa shape index (κ2) is 6.24. The molecule has 0 radical (unpaired) electrons. The molecule has 23 heavy (non-hydrogen) atoms. The van der Waals surface area contributed by atoms with Gasteiger partial charge in [-0.1, -0.05) is 6.92 Å². The molecule has 1 fully saturated rings. The van der Waals surface area contributed by atoms with E-state index in [0.717, 1.165) is 4.90 Å². The van der Waals surface area contributed by atoms with Crippen molar-refractivity contribution >= 4 is 22.8 Å². The first-order chi connectivity index (χ1) is 13.4. The van der Waals surface area contributed by atoms with Crippen LogP contribution in [0.1, 0.15) is 21.6 Å². The highest BCUT2D eigenvalue weighted by atomic mass is 16.2. The fourth-order valence-corrected chi connectivity index (χ4v) is 2.72. The number of amides is 1. The number of nitrogens with one attached hydrogen (secondary N) is 1. The van der Waals surface area contributed by atoms with Crippen LogP contribution in [0.2, 0.25) is 0 Å². The summed E-state index contributed by atoms with van der Waals surface area (Å²) in [6.07, 6.45) is 1.48. The van der Waals surface area contributed by atoms with Crippen molar-refractivity contribution in [1.29, 1.82) is 0 Å². The van der Waals surface area contributed by atoms with Gasteiger partial charge < -0.3 is 19.6 Å². The van der Waals surface area contributed by atoms with Crippen LogP contribution in [0.3, 0.4) is 0 Å². The van der Waals surface area contributed by atoms with E-state index in [1.54, 1.807) is 7.05 Å². The Balaban J connectivity index is 2.08. The third-order valence-corrected chi connectivity index (χ3v) is 3.99. The Kier molecular flexibility index (Phi) is 2.58. The molecular formula is C16H20N6O. The molecule has 0 bridgehead atoms. The van der Waals surface area contributed by atoms with Gasteiger partial charge in [-0.15, -0.1) is 0 Å². The molecule has 7 heteroatoms. The Morgan fingerprint density at radius 1 is 1.74 bits per heavy atom. The normalized spacial score (nSPS) is 27.8. The molecule has 0 aromatic carbocycles. The van der Waals surface area contributed by atoms with Crippen LogP contribution in [-0.4, -0.2) is 58.4 Å². The van der Waals surface area contributed by atoms with E-state index in [4.69, 9.17) is 14.8 Å². The molecule has 1 amide bonds. The largest absolute Gasteiger partial charge is 0.354 e. The number of aromatic amines is 1. The molecule has 7 nitrogen and oxygen atoms in total. The van der Waals surface area contributed by atoms with Gasteiger partial charge in [0.2, 0.25) is 0 Å². The van der Waals surface area contributed by atoms with Crippen molar-refractivity contribution in [1.82, 2.24) is 19.9 Å². The molecular weight excluding hydrogens is 292 g/mol. The minimum absolute atomic E-state index is 0.0247. The summed E-state index contributed by atoms with van der Waals surface area (Å²) >= 11 is 0. The summed E-state index contributed by atoms with van der Waals surface area (Å²) in [5, 5.41) is 0.325. The highest BCUT2D eigenvalue weighted by Crippen LogP contribution is 2.28. The van der Waals surface area contributed by atoms with E-state index in [0.29, 0.717) is 11.8 Å². The lowest BCUT2D eigenvalue weighted by atomic mass is 9.92. The van der Waals surface area contributed by atoms with Crippen molar-refractivity contribution in [2.75, 3.05) is 31.5 Å². The first kappa shape index (κ1) is 9.50. The first-order valence-electron chi connectivity index (χ1n) is 10.2. The first-order valence-corrected chi connectivity index (χ1v) is 7.17. The quantitative estimate of drug-likeness (QED) is 0.872. The second-order valence-electron chi connectivity index (χ2n) is 5.44. The smallest absolute Gasteiger partial charge is 0.302 e. The molecule has 0 unspecified atom stereocenters. The number of piperidine rings is 1. The van der Waals surface area contributed by atoms with Crippen LogP contribution in [0.25, 0.3) is 15.9 Å². The molecule has 1 saturated heterocycles. The standard InChI is InChI=1S/C16H20N6O/c1-11-5-7-22(14(23)8-17-2)9-13(11)21(3)16-12-4-6-18-15(12)19-10-20-16/h4,6,10-11,13H,5,7-9H2,1,3H3,(H,18,19,20)/t11-,13+/m1/s1/i4D,8D2,9D2,10D. The van der Waals surface area contributed by atoms with Crippen LogP contribution in [-0.2, 0) is 4.79 Å². The number of likely N-dealkylation sites (tertiary alicyclic amines) is 1. The fraction of sp³-hybridized carbons (Fsp3) is 0.500. The number of hydrogen-bond donors (Lipinski definition) is 1. The van der Waals surface area contributed by atoms with Gasteiger partial charge in [0.15, 0.2) is 0 Å². The second-order valence-corrected chi connectivity index (χ2v) is 5.44. The van der Waals surface area contributed by atoms with E-state index < -0.39 is 24.9 Å². The molecule has 2 atom stereocenters. The topological polar surface area (TPSA) is 69.5 Å².